The normalized spacial score (nSPS) is 11.3. The largest absolute Gasteiger partial charge is 0.385 e. The minimum atomic E-state index is -0.262. The summed E-state index contributed by atoms with van der Waals surface area (Å²) in [5.74, 6) is 0.331. The molecule has 0 fully saturated rings. The molecule has 4 aromatic rings. The Morgan fingerprint density at radius 2 is 1.84 bits per heavy atom. The number of aryl methyl sites for hydroxylation is 1. The molecule has 0 N–H and O–H groups in total. The van der Waals surface area contributed by atoms with E-state index >= 15 is 0 Å². The Morgan fingerprint density at radius 3 is 2.55 bits per heavy atom. The predicted octanol–water partition coefficient (Wildman–Crippen LogP) is 4.87. The summed E-state index contributed by atoms with van der Waals surface area (Å²) >= 11 is 1.49. The molecule has 2 aromatic heterocycles. The highest BCUT2D eigenvalue weighted by molar-refractivity contribution is 7.98. The van der Waals surface area contributed by atoms with Gasteiger partial charge < -0.3 is 9.30 Å². The number of rotatable bonds is 8. The van der Waals surface area contributed by atoms with E-state index in [4.69, 9.17) is 9.72 Å². The number of methoxy groups -OCH3 is 1. The van der Waals surface area contributed by atoms with Crippen molar-refractivity contribution in [3.05, 3.63) is 82.5 Å². The number of ether oxygens (including phenoxy) is 1. The summed E-state index contributed by atoms with van der Waals surface area (Å²) in [4.78, 5) is 18.4. The van der Waals surface area contributed by atoms with E-state index in [1.807, 2.05) is 48.1 Å². The Hall–Kier alpha value is -2.90. The molecule has 0 spiro atoms. The number of fused-ring (bicyclic) bond motifs is 1. The standard InChI is InChI=1S/C24H24FN3O2S/c1-27-15-20(18-7-4-3-5-8-18)21-22(27)23(29)28(13-6-14-30-2)24(26-21)31-16-17-9-11-19(25)12-10-17/h3-5,7-12,15H,6,13-14,16H2,1-2H3. The van der Waals surface area contributed by atoms with Crippen LogP contribution < -0.4 is 5.56 Å². The summed E-state index contributed by atoms with van der Waals surface area (Å²) in [6.07, 6.45) is 2.67. The lowest BCUT2D eigenvalue weighted by Crippen LogP contribution is -2.25. The fourth-order valence-electron chi connectivity index (χ4n) is 3.58. The molecule has 0 bridgehead atoms. The van der Waals surface area contributed by atoms with Gasteiger partial charge in [-0.25, -0.2) is 9.37 Å². The van der Waals surface area contributed by atoms with E-state index in [9.17, 15) is 9.18 Å². The fourth-order valence-corrected chi connectivity index (χ4v) is 4.56. The van der Waals surface area contributed by atoms with Crippen LogP contribution in [0.1, 0.15) is 12.0 Å². The van der Waals surface area contributed by atoms with Gasteiger partial charge in [-0.3, -0.25) is 9.36 Å². The van der Waals surface area contributed by atoms with E-state index in [-0.39, 0.29) is 11.4 Å². The van der Waals surface area contributed by atoms with Gasteiger partial charge in [-0.2, -0.15) is 0 Å². The number of halogens is 1. The molecular weight excluding hydrogens is 413 g/mol. The minimum absolute atomic E-state index is 0.0626. The number of aromatic nitrogens is 3. The first-order valence-corrected chi connectivity index (χ1v) is 11.1. The van der Waals surface area contributed by atoms with Crippen LogP contribution in [0.2, 0.25) is 0 Å². The summed E-state index contributed by atoms with van der Waals surface area (Å²) in [6.45, 7) is 1.09. The van der Waals surface area contributed by atoms with Gasteiger partial charge in [0.2, 0.25) is 0 Å². The van der Waals surface area contributed by atoms with Crippen molar-refractivity contribution >= 4 is 22.8 Å². The van der Waals surface area contributed by atoms with E-state index in [2.05, 4.69) is 0 Å². The summed E-state index contributed by atoms with van der Waals surface area (Å²) in [5, 5.41) is 0.654. The van der Waals surface area contributed by atoms with E-state index in [1.54, 1.807) is 23.8 Å². The zero-order valence-electron chi connectivity index (χ0n) is 17.5. The van der Waals surface area contributed by atoms with Crippen LogP contribution in [0, 0.1) is 5.82 Å². The van der Waals surface area contributed by atoms with Crippen molar-refractivity contribution in [1.82, 2.24) is 14.1 Å². The van der Waals surface area contributed by atoms with E-state index in [1.165, 1.54) is 23.9 Å². The highest BCUT2D eigenvalue weighted by Gasteiger charge is 2.18. The van der Waals surface area contributed by atoms with E-state index < -0.39 is 0 Å². The molecule has 0 atom stereocenters. The second-order valence-corrected chi connectivity index (χ2v) is 8.27. The molecular formula is C24H24FN3O2S. The Kier molecular flexibility index (Phi) is 6.53. The highest BCUT2D eigenvalue weighted by atomic mass is 32.2. The van der Waals surface area contributed by atoms with Crippen molar-refractivity contribution in [3.63, 3.8) is 0 Å². The Balaban J connectivity index is 1.79. The molecule has 0 aliphatic carbocycles. The van der Waals surface area contributed by atoms with Crippen LogP contribution in [-0.4, -0.2) is 27.8 Å². The van der Waals surface area contributed by atoms with Crippen LogP contribution in [0.5, 0.6) is 0 Å². The van der Waals surface area contributed by atoms with Crippen LogP contribution in [0.25, 0.3) is 22.2 Å². The molecule has 0 saturated heterocycles. The van der Waals surface area contributed by atoms with Crippen molar-refractivity contribution in [2.75, 3.05) is 13.7 Å². The topological polar surface area (TPSA) is 49.0 Å². The lowest BCUT2D eigenvalue weighted by atomic mass is 10.1. The third kappa shape index (κ3) is 4.57. The second-order valence-electron chi connectivity index (χ2n) is 7.33. The third-order valence-electron chi connectivity index (χ3n) is 5.14. The first-order chi connectivity index (χ1) is 15.1. The smallest absolute Gasteiger partial charge is 0.278 e. The molecule has 0 amide bonds. The number of thioether (sulfide) groups is 1. The van der Waals surface area contributed by atoms with Crippen molar-refractivity contribution in [2.24, 2.45) is 7.05 Å². The van der Waals surface area contributed by atoms with Gasteiger partial charge in [-0.15, -0.1) is 0 Å². The van der Waals surface area contributed by atoms with Crippen LogP contribution in [0.15, 0.2) is 70.7 Å². The van der Waals surface area contributed by atoms with Crippen LogP contribution >= 0.6 is 11.8 Å². The lowest BCUT2D eigenvalue weighted by molar-refractivity contribution is 0.189. The molecule has 7 heteroatoms. The lowest BCUT2D eigenvalue weighted by Gasteiger charge is -2.13. The molecule has 0 aliphatic heterocycles. The van der Waals surface area contributed by atoms with Crippen molar-refractivity contribution in [3.8, 4) is 11.1 Å². The summed E-state index contributed by atoms with van der Waals surface area (Å²) in [7, 11) is 3.53. The van der Waals surface area contributed by atoms with Crippen molar-refractivity contribution < 1.29 is 9.13 Å². The van der Waals surface area contributed by atoms with Gasteiger partial charge in [0.25, 0.3) is 5.56 Å². The first-order valence-electron chi connectivity index (χ1n) is 10.1. The quantitative estimate of drug-likeness (QED) is 0.224. The average molecular weight is 438 g/mol. The van der Waals surface area contributed by atoms with Crippen molar-refractivity contribution in [1.29, 1.82) is 0 Å². The predicted molar refractivity (Wildman–Crippen MR) is 123 cm³/mol. The van der Waals surface area contributed by atoms with Crippen LogP contribution in [0.3, 0.4) is 0 Å². The third-order valence-corrected chi connectivity index (χ3v) is 6.18. The van der Waals surface area contributed by atoms with Gasteiger partial charge in [0, 0.05) is 44.8 Å². The summed E-state index contributed by atoms with van der Waals surface area (Å²) in [6, 6.07) is 16.4. The molecule has 0 unspecified atom stereocenters. The molecule has 160 valence electrons. The molecule has 2 aromatic carbocycles. The Labute approximate surface area is 184 Å². The Morgan fingerprint density at radius 1 is 1.10 bits per heavy atom. The van der Waals surface area contributed by atoms with E-state index in [0.29, 0.717) is 41.5 Å². The number of hydrogen-bond donors (Lipinski definition) is 0. The average Bonchev–Trinajstić information content (AvgIpc) is 3.12. The first kappa shape index (κ1) is 21.3. The molecule has 4 rings (SSSR count). The maximum absolute atomic E-state index is 13.5. The zero-order valence-corrected chi connectivity index (χ0v) is 18.4. The van der Waals surface area contributed by atoms with Crippen LogP contribution in [-0.2, 0) is 24.1 Å². The molecule has 0 radical (unpaired) electrons. The molecule has 0 saturated carbocycles. The molecule has 31 heavy (non-hydrogen) atoms. The maximum atomic E-state index is 13.5. The summed E-state index contributed by atoms with van der Waals surface area (Å²) < 4.78 is 22.0. The summed E-state index contributed by atoms with van der Waals surface area (Å²) in [5.41, 5.74) is 4.15. The van der Waals surface area contributed by atoms with Gasteiger partial charge in [0.1, 0.15) is 16.9 Å². The van der Waals surface area contributed by atoms with E-state index in [0.717, 1.165) is 16.7 Å². The van der Waals surface area contributed by atoms with Gasteiger partial charge in [-0.1, -0.05) is 54.2 Å². The maximum Gasteiger partial charge on any atom is 0.278 e. The molecule has 5 nitrogen and oxygen atoms in total. The second kappa shape index (κ2) is 9.49. The zero-order chi connectivity index (χ0) is 21.8. The SMILES string of the molecule is COCCCn1c(SCc2ccc(F)cc2)nc2c(-c3ccccc3)cn(C)c2c1=O. The highest BCUT2D eigenvalue weighted by Crippen LogP contribution is 2.30. The molecule has 2 heterocycles. The van der Waals surface area contributed by atoms with Gasteiger partial charge in [-0.05, 0) is 29.7 Å². The van der Waals surface area contributed by atoms with Gasteiger partial charge >= 0.3 is 0 Å². The monoisotopic (exact) mass is 437 g/mol. The fraction of sp³-hybridized carbons (Fsp3) is 0.250. The minimum Gasteiger partial charge on any atom is -0.385 e. The number of benzene rings is 2. The van der Waals surface area contributed by atoms with Crippen LogP contribution in [0.4, 0.5) is 4.39 Å². The Bertz CT molecular complexity index is 1230. The number of nitrogens with zero attached hydrogens (tertiary/aromatic N) is 3. The molecule has 0 aliphatic rings. The van der Waals surface area contributed by atoms with Gasteiger partial charge in [0.15, 0.2) is 5.16 Å². The van der Waals surface area contributed by atoms with Crippen molar-refractivity contribution in [2.45, 2.75) is 23.9 Å². The van der Waals surface area contributed by atoms with Gasteiger partial charge in [0.05, 0.1) is 0 Å². The number of hydrogen-bond acceptors (Lipinski definition) is 4.